The lowest BCUT2D eigenvalue weighted by Gasteiger charge is -2.46. The van der Waals surface area contributed by atoms with Crippen LogP contribution in [0, 0.1) is 0 Å². The van der Waals surface area contributed by atoms with Crippen molar-refractivity contribution in [3.63, 3.8) is 0 Å². The van der Waals surface area contributed by atoms with E-state index in [0.717, 1.165) is 25.7 Å². The van der Waals surface area contributed by atoms with Gasteiger partial charge in [-0.1, -0.05) is 30.3 Å². The van der Waals surface area contributed by atoms with Crippen LogP contribution in [0.4, 0.5) is 4.79 Å². The summed E-state index contributed by atoms with van der Waals surface area (Å²) < 4.78 is 0. The molecule has 1 saturated heterocycles. The molecule has 2 rings (SSSR count). The molecule has 1 aromatic carbocycles. The Kier molecular flexibility index (Phi) is 5.92. The Morgan fingerprint density at radius 1 is 1.17 bits per heavy atom. The van der Waals surface area contributed by atoms with Crippen LogP contribution in [-0.2, 0) is 6.42 Å². The lowest BCUT2D eigenvalue weighted by molar-refractivity contribution is 0.147. The molecule has 0 aromatic heterocycles. The van der Waals surface area contributed by atoms with Crippen molar-refractivity contribution in [1.82, 2.24) is 16.0 Å². The molecule has 1 heterocycles. The van der Waals surface area contributed by atoms with Crippen molar-refractivity contribution in [2.24, 2.45) is 0 Å². The normalized spacial score (nSPS) is 21.0. The number of rotatable bonds is 5. The molecule has 3 N–H and O–H groups in total. The van der Waals surface area contributed by atoms with E-state index in [1.807, 2.05) is 6.07 Å². The molecule has 0 unspecified atom stereocenters. The predicted octanol–water partition coefficient (Wildman–Crippen LogP) is 3.62. The van der Waals surface area contributed by atoms with E-state index < -0.39 is 0 Å². The molecule has 0 radical (unpaired) electrons. The topological polar surface area (TPSA) is 53.2 Å². The number of amides is 2. The molecule has 1 aromatic rings. The molecule has 4 heteroatoms. The van der Waals surface area contributed by atoms with E-state index in [1.54, 1.807) is 0 Å². The smallest absolute Gasteiger partial charge is 0.315 e. The van der Waals surface area contributed by atoms with Gasteiger partial charge in [-0.2, -0.15) is 0 Å². The molecular formula is C20H33N3O. The van der Waals surface area contributed by atoms with Crippen molar-refractivity contribution in [3.8, 4) is 0 Å². The average molecular weight is 332 g/mol. The number of piperidine rings is 1. The zero-order chi connectivity index (χ0) is 17.8. The van der Waals surface area contributed by atoms with Gasteiger partial charge in [0, 0.05) is 23.2 Å². The van der Waals surface area contributed by atoms with Gasteiger partial charge in [0.25, 0.3) is 0 Å². The van der Waals surface area contributed by atoms with E-state index in [1.165, 1.54) is 5.56 Å². The number of hydrogen-bond donors (Lipinski definition) is 3. The Bertz CT molecular complexity index is 523. The molecule has 0 aliphatic carbocycles. The zero-order valence-corrected chi connectivity index (χ0v) is 15.8. The van der Waals surface area contributed by atoms with Gasteiger partial charge in [0.2, 0.25) is 0 Å². The summed E-state index contributed by atoms with van der Waals surface area (Å²) in [6, 6.07) is 10.7. The summed E-state index contributed by atoms with van der Waals surface area (Å²) >= 11 is 0. The van der Waals surface area contributed by atoms with Crippen molar-refractivity contribution < 1.29 is 4.79 Å². The Balaban J connectivity index is 1.78. The lowest BCUT2D eigenvalue weighted by atomic mass is 9.80. The van der Waals surface area contributed by atoms with E-state index in [9.17, 15) is 4.79 Å². The van der Waals surface area contributed by atoms with Gasteiger partial charge in [-0.25, -0.2) is 4.79 Å². The number of carbonyl (C=O) groups is 1. The molecule has 2 amide bonds. The molecule has 0 spiro atoms. The first-order valence-corrected chi connectivity index (χ1v) is 9.05. The van der Waals surface area contributed by atoms with Crippen molar-refractivity contribution in [3.05, 3.63) is 35.9 Å². The molecule has 1 fully saturated rings. The van der Waals surface area contributed by atoms with Gasteiger partial charge < -0.3 is 16.0 Å². The highest BCUT2D eigenvalue weighted by molar-refractivity contribution is 5.74. The third-order valence-corrected chi connectivity index (χ3v) is 4.61. The van der Waals surface area contributed by atoms with Crippen molar-refractivity contribution in [2.75, 3.05) is 0 Å². The van der Waals surface area contributed by atoms with Crippen LogP contribution in [0.5, 0.6) is 0 Å². The number of aryl methyl sites for hydroxylation is 1. The number of urea groups is 1. The van der Waals surface area contributed by atoms with Crippen LogP contribution < -0.4 is 16.0 Å². The fraction of sp³-hybridized carbons (Fsp3) is 0.650. The molecule has 134 valence electrons. The minimum atomic E-state index is -0.0472. The summed E-state index contributed by atoms with van der Waals surface area (Å²) in [5, 5.41) is 9.89. The Labute approximate surface area is 146 Å². The Morgan fingerprint density at radius 3 is 2.33 bits per heavy atom. The van der Waals surface area contributed by atoms with Crippen LogP contribution in [0.2, 0.25) is 0 Å². The maximum absolute atomic E-state index is 12.3. The summed E-state index contributed by atoms with van der Waals surface area (Å²) in [6.07, 6.45) is 3.82. The number of nitrogens with one attached hydrogen (secondary N) is 3. The minimum absolute atomic E-state index is 0.0403. The number of carbonyl (C=O) groups excluding carboxylic acids is 1. The third-order valence-electron chi connectivity index (χ3n) is 4.61. The molecule has 1 atom stereocenters. The first-order chi connectivity index (χ1) is 11.2. The summed E-state index contributed by atoms with van der Waals surface area (Å²) in [6.45, 7) is 10.9. The molecule has 0 bridgehead atoms. The molecular weight excluding hydrogens is 298 g/mol. The van der Waals surface area contributed by atoms with Gasteiger partial charge in [0.05, 0.1) is 0 Å². The van der Waals surface area contributed by atoms with Crippen LogP contribution in [-0.4, -0.2) is 29.2 Å². The van der Waals surface area contributed by atoms with Gasteiger partial charge in [0.15, 0.2) is 0 Å². The fourth-order valence-electron chi connectivity index (χ4n) is 3.98. The standard InChI is InChI=1S/C20H33N3O/c1-15(11-12-16-9-7-6-8-10-16)21-18(24)22-17-13-19(2,3)23-20(4,5)14-17/h6-10,15,17,23H,11-14H2,1-5H3,(H2,21,22,24)/t15-/m1/s1. The average Bonchev–Trinajstić information content (AvgIpc) is 2.42. The van der Waals surface area contributed by atoms with Crippen molar-refractivity contribution >= 4 is 6.03 Å². The van der Waals surface area contributed by atoms with E-state index in [-0.39, 0.29) is 29.2 Å². The Hall–Kier alpha value is -1.55. The fourth-order valence-corrected chi connectivity index (χ4v) is 3.98. The van der Waals surface area contributed by atoms with Crippen LogP contribution in [0.25, 0.3) is 0 Å². The highest BCUT2D eigenvalue weighted by atomic mass is 16.2. The second-order valence-electron chi connectivity index (χ2n) is 8.54. The zero-order valence-electron chi connectivity index (χ0n) is 15.8. The van der Waals surface area contributed by atoms with E-state index in [4.69, 9.17) is 0 Å². The van der Waals surface area contributed by atoms with E-state index >= 15 is 0 Å². The van der Waals surface area contributed by atoms with E-state index in [0.29, 0.717) is 0 Å². The second kappa shape index (κ2) is 7.56. The molecule has 1 aliphatic rings. The predicted molar refractivity (Wildman–Crippen MR) is 100 cm³/mol. The summed E-state index contributed by atoms with van der Waals surface area (Å²) in [5.74, 6) is 0. The quantitative estimate of drug-likeness (QED) is 0.772. The molecule has 0 saturated carbocycles. The number of benzene rings is 1. The maximum Gasteiger partial charge on any atom is 0.315 e. The lowest BCUT2D eigenvalue weighted by Crippen LogP contribution is -2.63. The summed E-state index contributed by atoms with van der Waals surface area (Å²) in [4.78, 5) is 12.3. The minimum Gasteiger partial charge on any atom is -0.336 e. The van der Waals surface area contributed by atoms with Gasteiger partial charge >= 0.3 is 6.03 Å². The van der Waals surface area contributed by atoms with Crippen LogP contribution >= 0.6 is 0 Å². The highest BCUT2D eigenvalue weighted by Gasteiger charge is 2.38. The van der Waals surface area contributed by atoms with Gasteiger partial charge in [0.1, 0.15) is 0 Å². The highest BCUT2D eigenvalue weighted by Crippen LogP contribution is 2.28. The van der Waals surface area contributed by atoms with Crippen LogP contribution in [0.3, 0.4) is 0 Å². The SMILES string of the molecule is C[C@H](CCc1ccccc1)NC(=O)NC1CC(C)(C)NC(C)(C)C1. The van der Waals surface area contributed by atoms with Crippen LogP contribution in [0.15, 0.2) is 30.3 Å². The second-order valence-corrected chi connectivity index (χ2v) is 8.54. The molecule has 1 aliphatic heterocycles. The monoisotopic (exact) mass is 331 g/mol. The molecule has 24 heavy (non-hydrogen) atoms. The van der Waals surface area contributed by atoms with Gasteiger partial charge in [-0.05, 0) is 65.9 Å². The largest absolute Gasteiger partial charge is 0.336 e. The molecule has 4 nitrogen and oxygen atoms in total. The number of hydrogen-bond acceptors (Lipinski definition) is 2. The first-order valence-electron chi connectivity index (χ1n) is 9.05. The van der Waals surface area contributed by atoms with Crippen molar-refractivity contribution in [2.45, 2.75) is 83.5 Å². The van der Waals surface area contributed by atoms with E-state index in [2.05, 4.69) is 74.8 Å². The van der Waals surface area contributed by atoms with Gasteiger partial charge in [-0.3, -0.25) is 0 Å². The maximum atomic E-state index is 12.3. The van der Waals surface area contributed by atoms with Gasteiger partial charge in [-0.15, -0.1) is 0 Å². The summed E-state index contributed by atoms with van der Waals surface area (Å²) in [5.41, 5.74) is 1.39. The third kappa shape index (κ3) is 6.16. The first kappa shape index (κ1) is 18.8. The van der Waals surface area contributed by atoms with Crippen LogP contribution in [0.1, 0.15) is 59.4 Å². The van der Waals surface area contributed by atoms with Crippen molar-refractivity contribution in [1.29, 1.82) is 0 Å². The Morgan fingerprint density at radius 2 is 1.75 bits per heavy atom. The summed E-state index contributed by atoms with van der Waals surface area (Å²) in [7, 11) is 0.